The highest BCUT2D eigenvalue weighted by molar-refractivity contribution is 6.31. The second-order valence-electron chi connectivity index (χ2n) is 3.06. The van der Waals surface area contributed by atoms with Crippen molar-refractivity contribution in [3.8, 4) is 0 Å². The largest absolute Gasteiger partial charge is 0.478 e. The van der Waals surface area contributed by atoms with Gasteiger partial charge in [-0.2, -0.15) is 0 Å². The first-order chi connectivity index (χ1) is 7.09. The van der Waals surface area contributed by atoms with E-state index in [9.17, 15) is 4.79 Å². The van der Waals surface area contributed by atoms with Crippen molar-refractivity contribution in [2.75, 3.05) is 5.73 Å². The molecule has 2 rings (SSSR count). The lowest BCUT2D eigenvalue weighted by Gasteiger charge is -2.05. The minimum Gasteiger partial charge on any atom is -0.478 e. The lowest BCUT2D eigenvalue weighted by molar-refractivity contribution is 0.0700. The molecule has 4 nitrogen and oxygen atoms in total. The molecule has 0 radical (unpaired) electrons. The molecule has 0 saturated heterocycles. The standard InChI is InChI=1S/C10H7ClN2O2/c11-5-1-2-6-8(3-5)13-4-7(12)9(6)10(14)15/h1-4H,12H2,(H,14,15). The molecule has 0 spiro atoms. The Morgan fingerprint density at radius 2 is 2.20 bits per heavy atom. The number of pyridine rings is 1. The van der Waals surface area contributed by atoms with Gasteiger partial charge in [0.05, 0.1) is 23.0 Å². The smallest absolute Gasteiger partial charge is 0.338 e. The van der Waals surface area contributed by atoms with Crippen molar-refractivity contribution < 1.29 is 9.90 Å². The summed E-state index contributed by atoms with van der Waals surface area (Å²) >= 11 is 5.77. The van der Waals surface area contributed by atoms with E-state index < -0.39 is 5.97 Å². The quantitative estimate of drug-likeness (QED) is 0.775. The molecule has 15 heavy (non-hydrogen) atoms. The van der Waals surface area contributed by atoms with Crippen molar-refractivity contribution in [2.45, 2.75) is 0 Å². The number of fused-ring (bicyclic) bond motifs is 1. The van der Waals surface area contributed by atoms with Gasteiger partial charge >= 0.3 is 5.97 Å². The fourth-order valence-corrected chi connectivity index (χ4v) is 1.59. The maximum absolute atomic E-state index is 11.0. The van der Waals surface area contributed by atoms with E-state index in [4.69, 9.17) is 22.4 Å². The van der Waals surface area contributed by atoms with Gasteiger partial charge in [-0.3, -0.25) is 4.98 Å². The number of anilines is 1. The summed E-state index contributed by atoms with van der Waals surface area (Å²) in [5.41, 5.74) is 6.29. The van der Waals surface area contributed by atoms with Crippen molar-refractivity contribution in [3.63, 3.8) is 0 Å². The first-order valence-electron chi connectivity index (χ1n) is 4.16. The van der Waals surface area contributed by atoms with E-state index in [-0.39, 0.29) is 11.3 Å². The Morgan fingerprint density at radius 3 is 2.87 bits per heavy atom. The number of hydrogen-bond donors (Lipinski definition) is 2. The van der Waals surface area contributed by atoms with E-state index in [1.807, 2.05) is 0 Å². The van der Waals surface area contributed by atoms with Crippen LogP contribution in [0.25, 0.3) is 10.9 Å². The highest BCUT2D eigenvalue weighted by Gasteiger charge is 2.13. The lowest BCUT2D eigenvalue weighted by atomic mass is 10.1. The molecule has 1 aromatic carbocycles. The molecule has 0 saturated carbocycles. The molecule has 0 atom stereocenters. The zero-order valence-electron chi connectivity index (χ0n) is 7.57. The van der Waals surface area contributed by atoms with Crippen LogP contribution in [0.4, 0.5) is 5.69 Å². The van der Waals surface area contributed by atoms with Gasteiger partial charge in [0.15, 0.2) is 0 Å². The Balaban J connectivity index is 2.88. The second-order valence-corrected chi connectivity index (χ2v) is 3.49. The van der Waals surface area contributed by atoms with E-state index in [1.165, 1.54) is 6.20 Å². The van der Waals surface area contributed by atoms with Crippen LogP contribution < -0.4 is 5.73 Å². The number of aromatic nitrogens is 1. The van der Waals surface area contributed by atoms with Crippen molar-refractivity contribution in [3.05, 3.63) is 35.0 Å². The van der Waals surface area contributed by atoms with Gasteiger partial charge in [-0.25, -0.2) is 4.79 Å². The molecule has 0 aliphatic carbocycles. The van der Waals surface area contributed by atoms with Gasteiger partial charge in [-0.15, -0.1) is 0 Å². The zero-order chi connectivity index (χ0) is 11.0. The number of nitrogens with zero attached hydrogens (tertiary/aromatic N) is 1. The summed E-state index contributed by atoms with van der Waals surface area (Å²) < 4.78 is 0. The number of nitrogen functional groups attached to an aromatic ring is 1. The molecule has 2 aromatic rings. The summed E-state index contributed by atoms with van der Waals surface area (Å²) in [6, 6.07) is 4.81. The van der Waals surface area contributed by atoms with Crippen molar-refractivity contribution in [1.29, 1.82) is 0 Å². The summed E-state index contributed by atoms with van der Waals surface area (Å²) in [4.78, 5) is 15.0. The molecule has 0 unspecified atom stereocenters. The normalized spacial score (nSPS) is 10.5. The molecule has 1 heterocycles. The lowest BCUT2D eigenvalue weighted by Crippen LogP contribution is -2.04. The minimum absolute atomic E-state index is 0.0664. The van der Waals surface area contributed by atoms with Crippen LogP contribution in [0.2, 0.25) is 5.02 Å². The maximum atomic E-state index is 11.0. The average Bonchev–Trinajstić information content (AvgIpc) is 2.17. The van der Waals surface area contributed by atoms with Crippen LogP contribution in [0.3, 0.4) is 0 Å². The number of carboxylic acid groups (broad SMARTS) is 1. The zero-order valence-corrected chi connectivity index (χ0v) is 8.32. The number of halogens is 1. The number of aromatic carboxylic acids is 1. The monoisotopic (exact) mass is 222 g/mol. The minimum atomic E-state index is -1.07. The average molecular weight is 223 g/mol. The first kappa shape index (κ1) is 9.73. The molecule has 76 valence electrons. The van der Waals surface area contributed by atoms with Crippen molar-refractivity contribution >= 4 is 34.2 Å². The number of carboxylic acids is 1. The van der Waals surface area contributed by atoms with Crippen LogP contribution >= 0.6 is 11.6 Å². The summed E-state index contributed by atoms with van der Waals surface area (Å²) in [5, 5.41) is 9.99. The van der Waals surface area contributed by atoms with Crippen LogP contribution in [-0.2, 0) is 0 Å². The Bertz CT molecular complexity index is 554. The van der Waals surface area contributed by atoms with Crippen molar-refractivity contribution in [2.24, 2.45) is 0 Å². The maximum Gasteiger partial charge on any atom is 0.338 e. The second kappa shape index (κ2) is 3.40. The van der Waals surface area contributed by atoms with Gasteiger partial charge in [-0.1, -0.05) is 17.7 Å². The highest BCUT2D eigenvalue weighted by Crippen LogP contribution is 2.24. The third-order valence-electron chi connectivity index (χ3n) is 2.07. The Morgan fingerprint density at radius 1 is 1.47 bits per heavy atom. The summed E-state index contributed by atoms with van der Waals surface area (Å²) in [7, 11) is 0. The molecule has 0 aliphatic heterocycles. The molecular weight excluding hydrogens is 216 g/mol. The van der Waals surface area contributed by atoms with Crippen LogP contribution in [0, 0.1) is 0 Å². The van der Waals surface area contributed by atoms with E-state index in [1.54, 1.807) is 18.2 Å². The number of benzene rings is 1. The van der Waals surface area contributed by atoms with E-state index >= 15 is 0 Å². The molecule has 1 aromatic heterocycles. The van der Waals surface area contributed by atoms with Crippen LogP contribution in [-0.4, -0.2) is 16.1 Å². The molecule has 5 heteroatoms. The Kier molecular flexibility index (Phi) is 2.21. The van der Waals surface area contributed by atoms with Gasteiger partial charge in [0.25, 0.3) is 0 Å². The topological polar surface area (TPSA) is 76.2 Å². The molecule has 0 bridgehead atoms. The Hall–Kier alpha value is -1.81. The van der Waals surface area contributed by atoms with Gasteiger partial charge in [0.1, 0.15) is 0 Å². The molecule has 3 N–H and O–H groups in total. The summed E-state index contributed by atoms with van der Waals surface area (Å²) in [6.07, 6.45) is 1.32. The van der Waals surface area contributed by atoms with Gasteiger partial charge in [-0.05, 0) is 12.1 Å². The highest BCUT2D eigenvalue weighted by atomic mass is 35.5. The number of hydrogen-bond acceptors (Lipinski definition) is 3. The predicted octanol–water partition coefficient (Wildman–Crippen LogP) is 2.17. The SMILES string of the molecule is Nc1cnc2cc(Cl)ccc2c1C(=O)O. The van der Waals surface area contributed by atoms with Crippen LogP contribution in [0.15, 0.2) is 24.4 Å². The number of nitrogens with two attached hydrogens (primary N) is 1. The first-order valence-corrected chi connectivity index (χ1v) is 4.54. The number of rotatable bonds is 1. The fraction of sp³-hybridized carbons (Fsp3) is 0. The summed E-state index contributed by atoms with van der Waals surface area (Å²) in [5.74, 6) is -1.07. The molecule has 0 amide bonds. The van der Waals surface area contributed by atoms with Crippen LogP contribution in [0.1, 0.15) is 10.4 Å². The fourth-order valence-electron chi connectivity index (χ4n) is 1.42. The van der Waals surface area contributed by atoms with Gasteiger partial charge < -0.3 is 10.8 Å². The Labute approximate surface area is 90.3 Å². The predicted molar refractivity (Wildman–Crippen MR) is 58.1 cm³/mol. The van der Waals surface area contributed by atoms with Crippen LogP contribution in [0.5, 0.6) is 0 Å². The molecule has 0 aliphatic rings. The summed E-state index contributed by atoms with van der Waals surface area (Å²) in [6.45, 7) is 0. The van der Waals surface area contributed by atoms with E-state index in [0.29, 0.717) is 15.9 Å². The van der Waals surface area contributed by atoms with E-state index in [0.717, 1.165) is 0 Å². The molecule has 0 fully saturated rings. The third kappa shape index (κ3) is 1.59. The van der Waals surface area contributed by atoms with E-state index in [2.05, 4.69) is 4.98 Å². The van der Waals surface area contributed by atoms with Crippen molar-refractivity contribution in [1.82, 2.24) is 4.98 Å². The third-order valence-corrected chi connectivity index (χ3v) is 2.31. The number of carbonyl (C=O) groups is 1. The van der Waals surface area contributed by atoms with Gasteiger partial charge in [0.2, 0.25) is 0 Å². The molecular formula is C10H7ClN2O2. The van der Waals surface area contributed by atoms with Gasteiger partial charge in [0, 0.05) is 10.4 Å².